The number of alkyl halides is 3. The number of anilines is 2. The molecule has 1 aliphatic carbocycles. The van der Waals surface area contributed by atoms with Gasteiger partial charge in [-0.05, 0) is 62.3 Å². The zero-order valence-electron chi connectivity index (χ0n) is 24.0. The number of likely N-dealkylation sites (tertiary alicyclic amines) is 1. The smallest absolute Gasteiger partial charge is 0.423 e. The number of amides is 2. The third kappa shape index (κ3) is 6.99. The standard InChI is InChI=1S/C30H33F3N6O4/c1-17(40)35-26-21-7-5-4-6-18(21)14-25(26)43-28-22(30(31,32)33)16-34-29(38-28)37-23-9-8-19(15-24(23)42-3)27(41)36-20-10-12-39(2)13-11-20/h4-9,15-16,20,25-26H,10-14H2,1-3H3,(H,35,40)(H,36,41)(H,34,37,38)/t25-,26+/m1/s1. The van der Waals surface area contributed by atoms with E-state index >= 15 is 0 Å². The summed E-state index contributed by atoms with van der Waals surface area (Å²) in [6, 6.07) is 11.4. The maximum Gasteiger partial charge on any atom is 0.423 e. The molecular weight excluding hydrogens is 565 g/mol. The van der Waals surface area contributed by atoms with Crippen LogP contribution in [0, 0.1) is 0 Å². The highest BCUT2D eigenvalue weighted by atomic mass is 19.4. The van der Waals surface area contributed by atoms with Crippen LogP contribution in [0.2, 0.25) is 0 Å². The number of ether oxygens (including phenoxy) is 2. The highest BCUT2D eigenvalue weighted by Crippen LogP contribution is 2.40. The SMILES string of the molecule is COc1cc(C(=O)NC2CCN(C)CC2)ccc1Nc1ncc(C(F)(F)F)c(O[C@@H]2Cc3ccccc3[C@@H]2NC(C)=O)n1. The average Bonchev–Trinajstić information content (AvgIpc) is 3.30. The van der Waals surface area contributed by atoms with Crippen LogP contribution in [0.25, 0.3) is 0 Å². The van der Waals surface area contributed by atoms with E-state index in [0.717, 1.165) is 37.1 Å². The lowest BCUT2D eigenvalue weighted by molar-refractivity contribution is -0.140. The van der Waals surface area contributed by atoms with Crippen LogP contribution < -0.4 is 25.4 Å². The molecule has 5 rings (SSSR count). The molecule has 43 heavy (non-hydrogen) atoms. The third-order valence-corrected chi connectivity index (χ3v) is 7.63. The Labute approximate surface area is 247 Å². The van der Waals surface area contributed by atoms with Gasteiger partial charge in [-0.25, -0.2) is 4.98 Å². The Morgan fingerprint density at radius 2 is 1.81 bits per heavy atom. The van der Waals surface area contributed by atoms with Crippen LogP contribution in [0.4, 0.5) is 24.8 Å². The summed E-state index contributed by atoms with van der Waals surface area (Å²) in [5, 5.41) is 8.71. The van der Waals surface area contributed by atoms with Crippen LogP contribution in [0.15, 0.2) is 48.7 Å². The van der Waals surface area contributed by atoms with Gasteiger partial charge in [-0.2, -0.15) is 18.2 Å². The first kappa shape index (κ1) is 30.1. The van der Waals surface area contributed by atoms with Gasteiger partial charge < -0.3 is 30.3 Å². The van der Waals surface area contributed by atoms with E-state index in [9.17, 15) is 22.8 Å². The summed E-state index contributed by atoms with van der Waals surface area (Å²) in [6.45, 7) is 3.14. The molecule has 1 aromatic heterocycles. The van der Waals surface area contributed by atoms with Gasteiger partial charge in [0.25, 0.3) is 5.91 Å². The molecule has 1 saturated heterocycles. The molecule has 2 aromatic carbocycles. The van der Waals surface area contributed by atoms with E-state index in [1.807, 2.05) is 19.2 Å². The second-order valence-electron chi connectivity index (χ2n) is 10.7. The first-order valence-corrected chi connectivity index (χ1v) is 13.9. The van der Waals surface area contributed by atoms with E-state index < -0.39 is 29.8 Å². The Balaban J connectivity index is 1.37. The Hall–Kier alpha value is -4.39. The number of methoxy groups -OCH3 is 1. The largest absolute Gasteiger partial charge is 0.495 e. The highest BCUT2D eigenvalue weighted by Gasteiger charge is 2.40. The van der Waals surface area contributed by atoms with Crippen molar-refractivity contribution in [3.05, 3.63) is 70.9 Å². The molecule has 1 fully saturated rings. The number of nitrogens with zero attached hydrogens (tertiary/aromatic N) is 3. The molecule has 0 bridgehead atoms. The van der Waals surface area contributed by atoms with Gasteiger partial charge in [0.15, 0.2) is 0 Å². The summed E-state index contributed by atoms with van der Waals surface area (Å²) in [7, 11) is 3.46. The topological polar surface area (TPSA) is 118 Å². The molecule has 0 saturated carbocycles. The quantitative estimate of drug-likeness (QED) is 0.352. The average molecular weight is 599 g/mol. The lowest BCUT2D eigenvalue weighted by Gasteiger charge is -2.29. The number of aromatic nitrogens is 2. The Bertz CT molecular complexity index is 1490. The lowest BCUT2D eigenvalue weighted by atomic mass is 10.0. The fraction of sp³-hybridized carbons (Fsp3) is 0.400. The second-order valence-corrected chi connectivity index (χ2v) is 10.7. The predicted octanol–water partition coefficient (Wildman–Crippen LogP) is 4.25. The Morgan fingerprint density at radius 3 is 2.51 bits per heavy atom. The summed E-state index contributed by atoms with van der Waals surface area (Å²) in [5.41, 5.74) is 1.20. The van der Waals surface area contributed by atoms with Crippen molar-refractivity contribution in [3.8, 4) is 11.6 Å². The molecule has 2 atom stereocenters. The number of fused-ring (bicyclic) bond motifs is 1. The van der Waals surface area contributed by atoms with Gasteiger partial charge in [0.1, 0.15) is 17.4 Å². The second kappa shape index (κ2) is 12.5. The fourth-order valence-electron chi connectivity index (χ4n) is 5.39. The normalized spacial score (nSPS) is 18.9. The molecule has 13 heteroatoms. The zero-order chi connectivity index (χ0) is 30.7. The number of hydrogen-bond donors (Lipinski definition) is 3. The van der Waals surface area contributed by atoms with E-state index in [4.69, 9.17) is 9.47 Å². The van der Waals surface area contributed by atoms with Crippen LogP contribution in [-0.4, -0.2) is 66.1 Å². The van der Waals surface area contributed by atoms with Crippen molar-refractivity contribution < 1.29 is 32.2 Å². The lowest BCUT2D eigenvalue weighted by Crippen LogP contribution is -2.43. The zero-order valence-corrected chi connectivity index (χ0v) is 24.0. The number of halogens is 3. The summed E-state index contributed by atoms with van der Waals surface area (Å²) in [6.07, 6.45) is -2.98. The fourth-order valence-corrected chi connectivity index (χ4v) is 5.39. The minimum atomic E-state index is -4.79. The molecule has 1 aliphatic heterocycles. The molecule has 3 N–H and O–H groups in total. The molecular formula is C30H33F3N6O4. The predicted molar refractivity (Wildman–Crippen MR) is 152 cm³/mol. The van der Waals surface area contributed by atoms with Gasteiger partial charge in [0, 0.05) is 31.1 Å². The highest BCUT2D eigenvalue weighted by molar-refractivity contribution is 5.95. The summed E-state index contributed by atoms with van der Waals surface area (Å²) in [4.78, 5) is 34.9. The maximum absolute atomic E-state index is 14.0. The van der Waals surface area contributed by atoms with Crippen molar-refractivity contribution >= 4 is 23.5 Å². The van der Waals surface area contributed by atoms with E-state index in [1.165, 1.54) is 14.0 Å². The van der Waals surface area contributed by atoms with Crippen molar-refractivity contribution in [1.29, 1.82) is 0 Å². The number of rotatable bonds is 8. The number of nitrogens with one attached hydrogen (secondary N) is 3. The van der Waals surface area contributed by atoms with Crippen molar-refractivity contribution in [2.45, 2.75) is 50.6 Å². The number of carbonyl (C=O) groups is 2. The van der Waals surface area contributed by atoms with Gasteiger partial charge in [-0.3, -0.25) is 9.59 Å². The van der Waals surface area contributed by atoms with Crippen LogP contribution in [0.5, 0.6) is 11.6 Å². The van der Waals surface area contributed by atoms with Crippen LogP contribution in [0.1, 0.15) is 52.9 Å². The first-order chi connectivity index (χ1) is 20.5. The summed E-state index contributed by atoms with van der Waals surface area (Å²) >= 11 is 0. The van der Waals surface area contributed by atoms with E-state index in [0.29, 0.717) is 17.4 Å². The van der Waals surface area contributed by atoms with Crippen LogP contribution >= 0.6 is 0 Å². The third-order valence-electron chi connectivity index (χ3n) is 7.63. The summed E-state index contributed by atoms with van der Waals surface area (Å²) in [5.74, 6) is -1.15. The van der Waals surface area contributed by atoms with Gasteiger partial charge in [-0.1, -0.05) is 24.3 Å². The number of benzene rings is 2. The molecule has 0 spiro atoms. The number of hydrogen-bond acceptors (Lipinski definition) is 8. The molecule has 2 amide bonds. The summed E-state index contributed by atoms with van der Waals surface area (Å²) < 4.78 is 53.2. The van der Waals surface area contributed by atoms with E-state index in [2.05, 4.69) is 30.8 Å². The monoisotopic (exact) mass is 598 g/mol. The Kier molecular flexibility index (Phi) is 8.71. The molecule has 228 valence electrons. The van der Waals surface area contributed by atoms with Crippen molar-refractivity contribution in [2.24, 2.45) is 0 Å². The van der Waals surface area contributed by atoms with Crippen LogP contribution in [-0.2, 0) is 17.4 Å². The molecule has 0 unspecified atom stereocenters. The van der Waals surface area contributed by atoms with Gasteiger partial charge in [0.05, 0.1) is 18.8 Å². The maximum atomic E-state index is 14.0. The number of piperidine rings is 1. The van der Waals surface area contributed by atoms with E-state index in [1.54, 1.807) is 30.3 Å². The molecule has 0 radical (unpaired) electrons. The minimum Gasteiger partial charge on any atom is -0.495 e. The minimum absolute atomic E-state index is 0.0735. The van der Waals surface area contributed by atoms with Gasteiger partial charge in [-0.15, -0.1) is 0 Å². The Morgan fingerprint density at radius 1 is 1.07 bits per heavy atom. The number of carbonyl (C=O) groups excluding carboxylic acids is 2. The molecule has 3 aromatic rings. The molecule has 10 nitrogen and oxygen atoms in total. The molecule has 2 aliphatic rings. The van der Waals surface area contributed by atoms with E-state index in [-0.39, 0.29) is 36.0 Å². The molecule has 2 heterocycles. The van der Waals surface area contributed by atoms with Gasteiger partial charge in [0.2, 0.25) is 17.7 Å². The van der Waals surface area contributed by atoms with Crippen LogP contribution in [0.3, 0.4) is 0 Å². The van der Waals surface area contributed by atoms with Crippen molar-refractivity contribution in [1.82, 2.24) is 25.5 Å². The van der Waals surface area contributed by atoms with Crippen molar-refractivity contribution in [3.63, 3.8) is 0 Å². The first-order valence-electron chi connectivity index (χ1n) is 13.9. The van der Waals surface area contributed by atoms with Gasteiger partial charge >= 0.3 is 6.18 Å². The van der Waals surface area contributed by atoms with Crippen molar-refractivity contribution in [2.75, 3.05) is 32.6 Å².